The van der Waals surface area contributed by atoms with E-state index in [0.717, 1.165) is 9.69 Å². The molecular formula is C21H23ClN2O5S. The first-order valence-corrected chi connectivity index (χ1v) is 11.1. The number of ether oxygens (including phenoxy) is 1. The lowest BCUT2D eigenvalue weighted by Crippen LogP contribution is -2.27. The average Bonchev–Trinajstić information content (AvgIpc) is 3.13. The minimum Gasteiger partial charge on any atom is -0.490 e. The van der Waals surface area contributed by atoms with E-state index in [-0.39, 0.29) is 15.5 Å². The van der Waals surface area contributed by atoms with Gasteiger partial charge in [0.15, 0.2) is 11.3 Å². The second kappa shape index (κ2) is 8.67. The second-order valence-corrected chi connectivity index (χ2v) is 9.41. The third kappa shape index (κ3) is 4.30. The van der Waals surface area contributed by atoms with Gasteiger partial charge in [0, 0.05) is 25.0 Å². The lowest BCUT2D eigenvalue weighted by atomic mass is 10.1. The van der Waals surface area contributed by atoms with Crippen molar-refractivity contribution in [2.24, 2.45) is 0 Å². The van der Waals surface area contributed by atoms with Gasteiger partial charge in [0.25, 0.3) is 5.91 Å². The van der Waals surface area contributed by atoms with Crippen molar-refractivity contribution < 1.29 is 22.4 Å². The number of hydrogen-bond acceptors (Lipinski definition) is 5. The molecule has 0 saturated heterocycles. The van der Waals surface area contributed by atoms with Gasteiger partial charge in [-0.15, -0.1) is 0 Å². The molecule has 0 aliphatic heterocycles. The Labute approximate surface area is 180 Å². The van der Waals surface area contributed by atoms with Crippen molar-refractivity contribution in [2.75, 3.05) is 20.7 Å². The van der Waals surface area contributed by atoms with Gasteiger partial charge < -0.3 is 14.5 Å². The van der Waals surface area contributed by atoms with Crippen LogP contribution in [0.5, 0.6) is 5.75 Å². The van der Waals surface area contributed by atoms with E-state index in [1.807, 2.05) is 31.2 Å². The van der Waals surface area contributed by atoms with E-state index < -0.39 is 22.0 Å². The van der Waals surface area contributed by atoms with Gasteiger partial charge in [-0.2, -0.15) is 0 Å². The van der Waals surface area contributed by atoms with Gasteiger partial charge in [-0.25, -0.2) is 12.7 Å². The normalized spacial score (nSPS) is 12.9. The Morgan fingerprint density at radius 3 is 2.63 bits per heavy atom. The van der Waals surface area contributed by atoms with E-state index in [0.29, 0.717) is 23.7 Å². The van der Waals surface area contributed by atoms with Crippen LogP contribution in [0.4, 0.5) is 0 Å². The maximum Gasteiger partial charge on any atom is 0.251 e. The van der Waals surface area contributed by atoms with Gasteiger partial charge in [-0.05, 0) is 44.2 Å². The number of sulfonamides is 1. The zero-order chi connectivity index (χ0) is 22.1. The van der Waals surface area contributed by atoms with E-state index in [1.165, 1.54) is 32.3 Å². The summed E-state index contributed by atoms with van der Waals surface area (Å²) >= 11 is 6.05. The summed E-state index contributed by atoms with van der Waals surface area (Å²) in [4.78, 5) is 12.6. The van der Waals surface area contributed by atoms with Crippen LogP contribution in [-0.2, 0) is 10.0 Å². The van der Waals surface area contributed by atoms with Gasteiger partial charge in [0.05, 0.1) is 17.7 Å². The number of halogens is 1. The number of fused-ring (bicyclic) bond motifs is 1. The van der Waals surface area contributed by atoms with Gasteiger partial charge in [-0.3, -0.25) is 4.79 Å². The fourth-order valence-corrected chi connectivity index (χ4v) is 4.32. The minimum atomic E-state index is -3.78. The van der Waals surface area contributed by atoms with Gasteiger partial charge in [0.2, 0.25) is 10.0 Å². The molecule has 1 aromatic heterocycles. The summed E-state index contributed by atoms with van der Waals surface area (Å²) in [5.41, 5.74) is 0.791. The number of amides is 1. The van der Waals surface area contributed by atoms with Crippen molar-refractivity contribution in [3.05, 3.63) is 58.8 Å². The van der Waals surface area contributed by atoms with E-state index >= 15 is 0 Å². The highest BCUT2D eigenvalue weighted by molar-refractivity contribution is 7.89. The SMILES string of the molecule is CCOc1cccc2cc(C(C)NC(=O)c3ccc(Cl)c(S(=O)(=O)N(C)C)c3)oc12. The van der Waals surface area contributed by atoms with Crippen LogP contribution in [0.3, 0.4) is 0 Å². The van der Waals surface area contributed by atoms with Crippen LogP contribution < -0.4 is 10.1 Å². The molecule has 7 nitrogen and oxygen atoms in total. The van der Waals surface area contributed by atoms with E-state index in [9.17, 15) is 13.2 Å². The number of para-hydroxylation sites is 1. The van der Waals surface area contributed by atoms with Crippen molar-refractivity contribution in [3.63, 3.8) is 0 Å². The molecule has 3 rings (SSSR count). The Bertz CT molecular complexity index is 1190. The summed E-state index contributed by atoms with van der Waals surface area (Å²) in [6.07, 6.45) is 0. The summed E-state index contributed by atoms with van der Waals surface area (Å²) in [6.45, 7) is 4.18. The summed E-state index contributed by atoms with van der Waals surface area (Å²) in [5, 5.41) is 3.74. The largest absolute Gasteiger partial charge is 0.490 e. The Kier molecular flexibility index (Phi) is 6.40. The molecular weight excluding hydrogens is 428 g/mol. The minimum absolute atomic E-state index is 0.0500. The maximum atomic E-state index is 12.7. The predicted octanol–water partition coefficient (Wildman–Crippen LogP) is 4.23. The monoisotopic (exact) mass is 450 g/mol. The molecule has 3 aromatic rings. The summed E-state index contributed by atoms with van der Waals surface area (Å²) < 4.78 is 37.4. The molecule has 0 aliphatic carbocycles. The summed E-state index contributed by atoms with van der Waals surface area (Å²) in [5.74, 6) is 0.747. The molecule has 0 aliphatic rings. The Hall–Kier alpha value is -2.55. The van der Waals surface area contributed by atoms with Crippen LogP contribution in [0.15, 0.2) is 51.8 Å². The molecule has 0 spiro atoms. The lowest BCUT2D eigenvalue weighted by molar-refractivity contribution is 0.0935. The number of carbonyl (C=O) groups is 1. The highest BCUT2D eigenvalue weighted by atomic mass is 35.5. The topological polar surface area (TPSA) is 88.8 Å². The van der Waals surface area contributed by atoms with E-state index in [2.05, 4.69) is 5.32 Å². The zero-order valence-corrected chi connectivity index (χ0v) is 18.7. The first kappa shape index (κ1) is 22.1. The van der Waals surface area contributed by atoms with E-state index in [1.54, 1.807) is 6.92 Å². The number of rotatable bonds is 7. The molecule has 1 N–H and O–H groups in total. The number of hydrogen-bond donors (Lipinski definition) is 1. The average molecular weight is 451 g/mol. The third-order valence-corrected chi connectivity index (χ3v) is 6.85. The molecule has 0 bridgehead atoms. The fraction of sp³-hybridized carbons (Fsp3) is 0.286. The molecule has 160 valence electrons. The second-order valence-electron chi connectivity index (χ2n) is 6.88. The number of nitrogens with one attached hydrogen (secondary N) is 1. The van der Waals surface area contributed by atoms with E-state index in [4.69, 9.17) is 20.8 Å². The van der Waals surface area contributed by atoms with Crippen LogP contribution in [-0.4, -0.2) is 39.3 Å². The van der Waals surface area contributed by atoms with Crippen molar-refractivity contribution in [3.8, 4) is 5.75 Å². The zero-order valence-electron chi connectivity index (χ0n) is 17.1. The van der Waals surface area contributed by atoms with Crippen molar-refractivity contribution in [2.45, 2.75) is 24.8 Å². The third-order valence-electron chi connectivity index (χ3n) is 4.55. The molecule has 1 amide bonds. The molecule has 1 heterocycles. The van der Waals surface area contributed by atoms with Crippen LogP contribution in [0.2, 0.25) is 5.02 Å². The highest BCUT2D eigenvalue weighted by Crippen LogP contribution is 2.31. The quantitative estimate of drug-likeness (QED) is 0.582. The van der Waals surface area contributed by atoms with Crippen molar-refractivity contribution >= 4 is 38.5 Å². The van der Waals surface area contributed by atoms with Crippen LogP contribution >= 0.6 is 11.6 Å². The number of carbonyl (C=O) groups excluding carboxylic acids is 1. The lowest BCUT2D eigenvalue weighted by Gasteiger charge is -2.15. The molecule has 1 atom stereocenters. The Morgan fingerprint density at radius 2 is 1.97 bits per heavy atom. The molecule has 0 fully saturated rings. The molecule has 2 aromatic carbocycles. The number of nitrogens with zero attached hydrogens (tertiary/aromatic N) is 1. The Balaban J connectivity index is 1.86. The van der Waals surface area contributed by atoms with Gasteiger partial charge in [-0.1, -0.05) is 23.7 Å². The fourth-order valence-electron chi connectivity index (χ4n) is 2.93. The first-order valence-electron chi connectivity index (χ1n) is 9.33. The molecule has 1 unspecified atom stereocenters. The Morgan fingerprint density at radius 1 is 1.23 bits per heavy atom. The summed E-state index contributed by atoms with van der Waals surface area (Å²) in [6, 6.07) is 11.1. The molecule has 30 heavy (non-hydrogen) atoms. The standard InChI is InChI=1S/C21H23ClN2O5S/c1-5-28-17-8-6-7-14-11-18(29-20(14)17)13(2)23-21(25)15-9-10-16(22)19(12-15)30(26,27)24(3)4/h6-13H,5H2,1-4H3,(H,23,25). The smallest absolute Gasteiger partial charge is 0.251 e. The predicted molar refractivity (Wildman–Crippen MR) is 116 cm³/mol. The highest BCUT2D eigenvalue weighted by Gasteiger charge is 2.23. The van der Waals surface area contributed by atoms with Crippen LogP contribution in [0.1, 0.15) is 36.0 Å². The van der Waals surface area contributed by atoms with Crippen LogP contribution in [0, 0.1) is 0 Å². The van der Waals surface area contributed by atoms with Crippen molar-refractivity contribution in [1.29, 1.82) is 0 Å². The van der Waals surface area contributed by atoms with Gasteiger partial charge in [0.1, 0.15) is 10.7 Å². The molecule has 0 saturated carbocycles. The molecule has 9 heteroatoms. The van der Waals surface area contributed by atoms with Gasteiger partial charge >= 0.3 is 0 Å². The number of furan rings is 1. The van der Waals surface area contributed by atoms with Crippen molar-refractivity contribution in [1.82, 2.24) is 9.62 Å². The first-order chi connectivity index (χ1) is 14.1. The number of benzene rings is 2. The van der Waals surface area contributed by atoms with Crippen LogP contribution in [0.25, 0.3) is 11.0 Å². The molecule has 0 radical (unpaired) electrons. The summed E-state index contributed by atoms with van der Waals surface area (Å²) in [7, 11) is -0.980. The maximum absolute atomic E-state index is 12.7.